The molecule has 0 heterocycles. The van der Waals surface area contributed by atoms with Gasteiger partial charge >= 0.3 is 0 Å². The summed E-state index contributed by atoms with van der Waals surface area (Å²) in [5, 5.41) is 0. The Morgan fingerprint density at radius 3 is 2.90 bits per heavy atom. The topological polar surface area (TPSA) is 12.0 Å². The fourth-order valence-corrected chi connectivity index (χ4v) is 1.08. The van der Waals surface area contributed by atoms with Gasteiger partial charge in [0.15, 0.2) is 0 Å². The molecule has 0 radical (unpaired) electrons. The Balaban J connectivity index is 3.01. The molecule has 0 bridgehead atoms. The van der Waals surface area contributed by atoms with Crippen LogP contribution >= 0.6 is 0 Å². The fourth-order valence-electron chi connectivity index (χ4n) is 0.764. The fraction of sp³-hybridized carbons (Fsp3) is 0. The van der Waals surface area contributed by atoms with E-state index in [1.54, 1.807) is 0 Å². The smallest absolute Gasteiger partial charge is 0.104 e. The lowest BCUT2D eigenvalue weighted by molar-refractivity contribution is 1.63. The van der Waals surface area contributed by atoms with Crippen LogP contribution in [-0.2, 0) is 0 Å². The van der Waals surface area contributed by atoms with Crippen LogP contribution in [0.15, 0.2) is 24.3 Å². The van der Waals surface area contributed by atoms with Gasteiger partial charge in [-0.25, -0.2) is 0 Å². The molecule has 1 aromatic rings. The number of hydrogen-bond acceptors (Lipinski definition) is 1. The van der Waals surface area contributed by atoms with Gasteiger partial charge in [0.05, 0.1) is 0 Å². The van der Waals surface area contributed by atoms with E-state index in [4.69, 9.17) is 6.42 Å². The minimum Gasteiger partial charge on any atom is -0.419 e. The molecule has 2 heteroatoms. The molecule has 0 unspecified atom stereocenters. The molecule has 1 aromatic carbocycles. The second-order valence-corrected chi connectivity index (χ2v) is 2.48. The summed E-state index contributed by atoms with van der Waals surface area (Å²) in [6, 6.07) is 7.85. The summed E-state index contributed by atoms with van der Waals surface area (Å²) in [7, 11) is 0.958. The molecule has 50 valence electrons. The molecule has 1 N–H and O–H groups in total. The Hall–Kier alpha value is -1.20. The zero-order valence-electron chi connectivity index (χ0n) is 5.89. The van der Waals surface area contributed by atoms with E-state index in [2.05, 4.69) is 10.9 Å². The summed E-state index contributed by atoms with van der Waals surface area (Å²) in [5.74, 6) is 2.58. The van der Waals surface area contributed by atoms with E-state index < -0.39 is 0 Å². The van der Waals surface area contributed by atoms with Crippen molar-refractivity contribution in [3.05, 3.63) is 29.8 Å². The summed E-state index contributed by atoms with van der Waals surface area (Å²) in [6.07, 6.45) is 5.21. The summed E-state index contributed by atoms with van der Waals surface area (Å²) in [5.41, 5.74) is 2.04. The van der Waals surface area contributed by atoms with Gasteiger partial charge in [-0.05, 0) is 18.2 Å². The zero-order chi connectivity index (χ0) is 7.40. The first kappa shape index (κ1) is 6.91. The minimum absolute atomic E-state index is 0.931. The van der Waals surface area contributed by atoms with Crippen molar-refractivity contribution in [3.63, 3.8) is 0 Å². The van der Waals surface area contributed by atoms with Crippen molar-refractivity contribution < 1.29 is 0 Å². The van der Waals surface area contributed by atoms with Gasteiger partial charge in [-0.15, -0.1) is 6.42 Å². The van der Waals surface area contributed by atoms with Crippen molar-refractivity contribution in [1.29, 1.82) is 0 Å². The maximum absolute atomic E-state index is 5.21. The molecule has 0 spiro atoms. The third kappa shape index (κ3) is 1.39. The van der Waals surface area contributed by atoms with Crippen LogP contribution in [0.5, 0.6) is 0 Å². The van der Waals surface area contributed by atoms with E-state index in [0.29, 0.717) is 0 Å². The van der Waals surface area contributed by atoms with Gasteiger partial charge < -0.3 is 4.98 Å². The van der Waals surface area contributed by atoms with Crippen LogP contribution in [0.25, 0.3) is 0 Å². The summed E-state index contributed by atoms with van der Waals surface area (Å²) < 4.78 is 0. The first-order valence-electron chi connectivity index (χ1n) is 3.11. The standard InChI is InChI=1S/C8H9NSi/c1-2-7-4-3-5-8(6-7)9-10/h1,3-6,9H,10H3. The van der Waals surface area contributed by atoms with E-state index in [1.807, 2.05) is 24.3 Å². The number of rotatable bonds is 1. The molecule has 0 aliphatic carbocycles. The molecule has 0 aromatic heterocycles. The molecule has 0 aliphatic rings. The summed E-state index contributed by atoms with van der Waals surface area (Å²) in [6.45, 7) is 0. The monoisotopic (exact) mass is 147 g/mol. The van der Waals surface area contributed by atoms with Gasteiger partial charge in [0, 0.05) is 11.3 Å². The molecule has 0 amide bonds. The third-order valence-corrected chi connectivity index (χ3v) is 1.90. The zero-order valence-corrected chi connectivity index (χ0v) is 7.89. The molecule has 0 atom stereocenters. The summed E-state index contributed by atoms with van der Waals surface area (Å²) >= 11 is 0. The molecule has 1 rings (SSSR count). The number of benzene rings is 1. The first-order valence-corrected chi connectivity index (χ1v) is 4.11. The van der Waals surface area contributed by atoms with Crippen LogP contribution in [0.4, 0.5) is 5.69 Å². The van der Waals surface area contributed by atoms with Gasteiger partial charge in [0.1, 0.15) is 10.4 Å². The van der Waals surface area contributed by atoms with E-state index >= 15 is 0 Å². The van der Waals surface area contributed by atoms with Crippen molar-refractivity contribution in [2.75, 3.05) is 4.98 Å². The highest BCUT2D eigenvalue weighted by molar-refractivity contribution is 6.15. The first-order chi connectivity index (χ1) is 4.86. The van der Waals surface area contributed by atoms with Crippen LogP contribution < -0.4 is 4.98 Å². The summed E-state index contributed by atoms with van der Waals surface area (Å²) in [4.78, 5) is 3.14. The molecule has 0 saturated heterocycles. The van der Waals surface area contributed by atoms with Crippen LogP contribution in [0.2, 0.25) is 0 Å². The minimum atomic E-state index is 0.931. The van der Waals surface area contributed by atoms with Gasteiger partial charge in [-0.3, -0.25) is 0 Å². The van der Waals surface area contributed by atoms with E-state index in [9.17, 15) is 0 Å². The Morgan fingerprint density at radius 1 is 1.50 bits per heavy atom. The Bertz CT molecular complexity index is 262. The number of hydrogen-bond donors (Lipinski definition) is 1. The van der Waals surface area contributed by atoms with Gasteiger partial charge in [0.2, 0.25) is 0 Å². The van der Waals surface area contributed by atoms with Crippen molar-refractivity contribution >= 4 is 16.1 Å². The van der Waals surface area contributed by atoms with E-state index in [1.165, 1.54) is 0 Å². The maximum Gasteiger partial charge on any atom is 0.104 e. The average Bonchev–Trinajstić information content (AvgIpc) is 2.05. The maximum atomic E-state index is 5.21. The van der Waals surface area contributed by atoms with Crippen LogP contribution in [0.1, 0.15) is 5.56 Å². The normalized spacial score (nSPS) is 8.70. The third-order valence-electron chi connectivity index (χ3n) is 1.32. The molecular weight excluding hydrogens is 138 g/mol. The van der Waals surface area contributed by atoms with Gasteiger partial charge in [0.25, 0.3) is 0 Å². The second-order valence-electron chi connectivity index (χ2n) is 1.98. The molecule has 1 nitrogen and oxygen atoms in total. The predicted octanol–water partition coefficient (Wildman–Crippen LogP) is 0.360. The van der Waals surface area contributed by atoms with Gasteiger partial charge in [-0.1, -0.05) is 12.0 Å². The van der Waals surface area contributed by atoms with Crippen LogP contribution in [0, 0.1) is 12.3 Å². The highest BCUT2D eigenvalue weighted by Gasteiger charge is 1.87. The predicted molar refractivity (Wildman–Crippen MR) is 47.9 cm³/mol. The molecule has 10 heavy (non-hydrogen) atoms. The quantitative estimate of drug-likeness (QED) is 0.447. The van der Waals surface area contributed by atoms with Crippen molar-refractivity contribution in [1.82, 2.24) is 0 Å². The Labute approximate surface area is 64.0 Å². The van der Waals surface area contributed by atoms with Gasteiger partial charge in [-0.2, -0.15) is 0 Å². The average molecular weight is 147 g/mol. The highest BCUT2D eigenvalue weighted by Crippen LogP contribution is 2.07. The number of anilines is 1. The number of terminal acetylenes is 1. The molecule has 0 saturated carbocycles. The lowest BCUT2D eigenvalue weighted by Crippen LogP contribution is -1.89. The molecular formula is C8H9NSi. The lowest BCUT2D eigenvalue weighted by atomic mass is 10.2. The van der Waals surface area contributed by atoms with Crippen molar-refractivity contribution in [2.24, 2.45) is 0 Å². The van der Waals surface area contributed by atoms with E-state index in [0.717, 1.165) is 21.7 Å². The molecule has 0 fully saturated rings. The highest BCUT2D eigenvalue weighted by atomic mass is 28.2. The lowest BCUT2D eigenvalue weighted by Gasteiger charge is -1.98. The van der Waals surface area contributed by atoms with E-state index in [-0.39, 0.29) is 0 Å². The van der Waals surface area contributed by atoms with Crippen molar-refractivity contribution in [2.45, 2.75) is 0 Å². The Kier molecular flexibility index (Phi) is 2.14. The Morgan fingerprint density at radius 2 is 2.30 bits per heavy atom. The SMILES string of the molecule is C#Cc1cccc(N[SiH3])c1. The van der Waals surface area contributed by atoms with Crippen LogP contribution in [-0.4, -0.2) is 10.4 Å². The largest absolute Gasteiger partial charge is 0.419 e. The second kappa shape index (κ2) is 3.09. The molecule has 0 aliphatic heterocycles. The van der Waals surface area contributed by atoms with Crippen molar-refractivity contribution in [3.8, 4) is 12.3 Å². The van der Waals surface area contributed by atoms with Crippen LogP contribution in [0.3, 0.4) is 0 Å². The number of nitrogens with one attached hydrogen (secondary N) is 1.